The number of nitrogens with zero attached hydrogens (tertiary/aromatic N) is 2. The van der Waals surface area contributed by atoms with Crippen molar-refractivity contribution < 1.29 is 47.6 Å². The van der Waals surface area contributed by atoms with Crippen molar-refractivity contribution in [3.05, 3.63) is 0 Å². The van der Waals surface area contributed by atoms with E-state index >= 15 is 0 Å². The molecule has 242 valence electrons. The number of hydrogen-bond donors (Lipinski definition) is 4. The first-order chi connectivity index (χ1) is 19.4. The van der Waals surface area contributed by atoms with E-state index in [0.717, 1.165) is 39.0 Å². The second-order valence-corrected chi connectivity index (χ2v) is 13.6. The average Bonchev–Trinajstić information content (AvgIpc) is 2.84. The number of likely N-dealkylation sites (tertiary alicyclic amines) is 2. The van der Waals surface area contributed by atoms with Gasteiger partial charge in [0.15, 0.2) is 0 Å². The van der Waals surface area contributed by atoms with E-state index in [1.807, 2.05) is 41.5 Å². The van der Waals surface area contributed by atoms with Crippen LogP contribution in [0.25, 0.3) is 0 Å². The van der Waals surface area contributed by atoms with Crippen molar-refractivity contribution in [3.63, 3.8) is 0 Å². The summed E-state index contributed by atoms with van der Waals surface area (Å²) in [6.45, 7) is 16.3. The fraction of sp³-hybridized carbons (Fsp3) is 0.857. The molecular formula is C28H48F2N4O8. The molecule has 0 bridgehead atoms. The Bertz CT molecular complexity index is 881. The molecule has 2 amide bonds. The lowest BCUT2D eigenvalue weighted by atomic mass is 9.66. The topological polar surface area (TPSA) is 158 Å². The summed E-state index contributed by atoms with van der Waals surface area (Å²) in [4.78, 5) is 45.3. The van der Waals surface area contributed by atoms with Gasteiger partial charge in [0.05, 0.1) is 13.3 Å². The van der Waals surface area contributed by atoms with Crippen LogP contribution in [0.2, 0.25) is 0 Å². The van der Waals surface area contributed by atoms with E-state index in [2.05, 4.69) is 10.6 Å². The van der Waals surface area contributed by atoms with Gasteiger partial charge >= 0.3 is 24.1 Å². The normalized spacial score (nSPS) is 24.1. The number of hydrogen-bond acceptors (Lipinski definition) is 8. The number of carboxylic acids is 2. The summed E-state index contributed by atoms with van der Waals surface area (Å²) in [7, 11) is 0. The van der Waals surface area contributed by atoms with E-state index in [1.165, 1.54) is 0 Å². The Morgan fingerprint density at radius 3 is 1.26 bits per heavy atom. The Morgan fingerprint density at radius 1 is 0.714 bits per heavy atom. The fourth-order valence-corrected chi connectivity index (χ4v) is 5.68. The minimum absolute atomic E-state index is 0.0170. The molecule has 0 aromatic rings. The maximum absolute atomic E-state index is 13.0. The summed E-state index contributed by atoms with van der Waals surface area (Å²) >= 11 is 0. The van der Waals surface area contributed by atoms with Gasteiger partial charge in [0.2, 0.25) is 0 Å². The highest BCUT2D eigenvalue weighted by Crippen LogP contribution is 2.44. The summed E-state index contributed by atoms with van der Waals surface area (Å²) in [5.74, 6) is -3.58. The molecule has 2 atom stereocenters. The molecule has 4 heterocycles. The van der Waals surface area contributed by atoms with Crippen molar-refractivity contribution in [1.29, 1.82) is 0 Å². The van der Waals surface area contributed by atoms with Gasteiger partial charge in [-0.05, 0) is 67.5 Å². The van der Waals surface area contributed by atoms with Crippen LogP contribution in [0.15, 0.2) is 0 Å². The summed E-state index contributed by atoms with van der Waals surface area (Å²) in [5.41, 5.74) is -0.964. The molecule has 0 saturated carbocycles. The number of carbonyl (C=O) groups excluding carboxylic acids is 2. The van der Waals surface area contributed by atoms with Gasteiger partial charge in [0.25, 0.3) is 0 Å². The van der Waals surface area contributed by atoms with E-state index < -0.39 is 23.1 Å². The molecule has 12 nitrogen and oxygen atoms in total. The van der Waals surface area contributed by atoms with Crippen molar-refractivity contribution in [1.82, 2.24) is 20.4 Å². The Kier molecular flexibility index (Phi) is 11.9. The molecule has 2 spiro atoms. The zero-order chi connectivity index (χ0) is 31.9. The second-order valence-electron chi connectivity index (χ2n) is 13.6. The number of nitrogens with one attached hydrogen (secondary N) is 2. The lowest BCUT2D eigenvalue weighted by Crippen LogP contribution is -2.66. The maximum atomic E-state index is 13.0. The molecule has 0 aromatic heterocycles. The van der Waals surface area contributed by atoms with Crippen molar-refractivity contribution in [2.24, 2.45) is 22.7 Å². The number of ether oxygens (including phenoxy) is 2. The van der Waals surface area contributed by atoms with Crippen molar-refractivity contribution >= 4 is 24.1 Å². The van der Waals surface area contributed by atoms with Gasteiger partial charge in [-0.1, -0.05) is 0 Å². The van der Waals surface area contributed by atoms with E-state index in [-0.39, 0.29) is 48.2 Å². The minimum Gasteiger partial charge on any atom is -0.473 e. The van der Waals surface area contributed by atoms with Crippen LogP contribution in [0, 0.1) is 22.7 Å². The van der Waals surface area contributed by atoms with Crippen LogP contribution in [0.4, 0.5) is 18.4 Å². The van der Waals surface area contributed by atoms with Crippen LogP contribution in [0.3, 0.4) is 0 Å². The van der Waals surface area contributed by atoms with Crippen LogP contribution in [-0.2, 0) is 19.1 Å². The average molecular weight is 607 g/mol. The quantitative estimate of drug-likeness (QED) is 0.345. The van der Waals surface area contributed by atoms with E-state index in [9.17, 15) is 18.4 Å². The van der Waals surface area contributed by atoms with Gasteiger partial charge in [-0.3, -0.25) is 8.78 Å². The molecule has 4 aliphatic heterocycles. The van der Waals surface area contributed by atoms with Gasteiger partial charge in [-0.15, -0.1) is 0 Å². The number of rotatable bonds is 2. The second kappa shape index (κ2) is 14.2. The van der Waals surface area contributed by atoms with Crippen molar-refractivity contribution in [2.45, 2.75) is 65.6 Å². The van der Waals surface area contributed by atoms with Gasteiger partial charge in [0, 0.05) is 61.9 Å². The van der Waals surface area contributed by atoms with E-state index in [4.69, 9.17) is 29.3 Å². The summed E-state index contributed by atoms with van der Waals surface area (Å²) in [6.07, 6.45) is 1.34. The number of piperidine rings is 2. The van der Waals surface area contributed by atoms with Crippen molar-refractivity contribution in [2.75, 3.05) is 65.7 Å². The molecule has 0 radical (unpaired) electrons. The molecule has 2 unspecified atom stereocenters. The predicted octanol–water partition coefficient (Wildman–Crippen LogP) is 2.76. The van der Waals surface area contributed by atoms with Gasteiger partial charge in [-0.2, -0.15) is 0 Å². The lowest BCUT2D eigenvalue weighted by molar-refractivity contribution is -0.159. The molecule has 4 fully saturated rings. The number of halogens is 2. The third-order valence-corrected chi connectivity index (χ3v) is 7.99. The standard InChI is InChI=1S/2C13H23FN2O2.C2H2O4/c2*1-12(2,3)18-11(17)16-8-13(9-16)4-5-15-7-10(13)6-14;3-1(4)2(5)6/h2*10,15H,4-9H2,1-3H3;(H,3,4)(H,5,6). The molecule has 42 heavy (non-hydrogen) atoms. The minimum atomic E-state index is -1.82. The van der Waals surface area contributed by atoms with Crippen molar-refractivity contribution in [3.8, 4) is 0 Å². The zero-order valence-electron chi connectivity index (χ0n) is 25.6. The smallest absolute Gasteiger partial charge is 0.414 e. The van der Waals surface area contributed by atoms with Crippen LogP contribution in [0.1, 0.15) is 54.4 Å². The Hall–Kier alpha value is -2.74. The number of carbonyl (C=O) groups is 4. The molecule has 4 saturated heterocycles. The number of alkyl halides is 2. The number of amides is 2. The number of carboxylic acid groups (broad SMARTS) is 2. The molecule has 14 heteroatoms. The maximum Gasteiger partial charge on any atom is 0.414 e. The highest BCUT2D eigenvalue weighted by Gasteiger charge is 2.53. The van der Waals surface area contributed by atoms with Gasteiger partial charge in [0.1, 0.15) is 11.2 Å². The monoisotopic (exact) mass is 606 g/mol. The molecule has 4 rings (SSSR count). The molecule has 0 aromatic carbocycles. The van der Waals surface area contributed by atoms with Gasteiger partial charge in [-0.25, -0.2) is 19.2 Å². The summed E-state index contributed by atoms with van der Waals surface area (Å²) < 4.78 is 36.7. The third-order valence-electron chi connectivity index (χ3n) is 7.99. The van der Waals surface area contributed by atoms with E-state index in [0.29, 0.717) is 26.2 Å². The van der Waals surface area contributed by atoms with Crippen LogP contribution >= 0.6 is 0 Å². The number of aliphatic carboxylic acids is 2. The fourth-order valence-electron chi connectivity index (χ4n) is 5.68. The Balaban J connectivity index is 0.000000247. The first kappa shape index (κ1) is 35.5. The lowest BCUT2D eigenvalue weighted by Gasteiger charge is -2.55. The van der Waals surface area contributed by atoms with Crippen LogP contribution in [0.5, 0.6) is 0 Å². The molecular weight excluding hydrogens is 558 g/mol. The highest BCUT2D eigenvalue weighted by atomic mass is 19.1. The molecule has 4 N–H and O–H groups in total. The molecule has 0 aliphatic carbocycles. The first-order valence-corrected chi connectivity index (χ1v) is 14.3. The zero-order valence-corrected chi connectivity index (χ0v) is 25.6. The Labute approximate surface area is 246 Å². The summed E-state index contributed by atoms with van der Waals surface area (Å²) in [6, 6.07) is 0. The highest BCUT2D eigenvalue weighted by molar-refractivity contribution is 6.27. The largest absolute Gasteiger partial charge is 0.473 e. The van der Waals surface area contributed by atoms with Gasteiger partial charge < -0.3 is 40.1 Å². The SMILES string of the molecule is CC(C)(C)OC(=O)N1CC2(CCNCC2CF)C1.CC(C)(C)OC(=O)N1CC2(CCNCC2CF)C1.O=C(O)C(=O)O. The van der Waals surface area contributed by atoms with E-state index in [1.54, 1.807) is 9.80 Å². The first-order valence-electron chi connectivity index (χ1n) is 14.3. The van der Waals surface area contributed by atoms with Crippen LogP contribution < -0.4 is 10.6 Å². The summed E-state index contributed by atoms with van der Waals surface area (Å²) in [5, 5.41) is 21.2. The van der Waals surface area contributed by atoms with Crippen LogP contribution in [-0.4, -0.2) is 121 Å². The third kappa shape index (κ3) is 9.65. The predicted molar refractivity (Wildman–Crippen MR) is 150 cm³/mol. The Morgan fingerprint density at radius 2 is 1.02 bits per heavy atom. The molecule has 4 aliphatic rings.